The first kappa shape index (κ1) is 24.2. The van der Waals surface area contributed by atoms with E-state index < -0.39 is 5.97 Å². The average Bonchev–Trinajstić information content (AvgIpc) is 2.68. The quantitative estimate of drug-likeness (QED) is 0.726. The van der Waals surface area contributed by atoms with E-state index in [0.717, 1.165) is 50.4 Å². The van der Waals surface area contributed by atoms with Crippen LogP contribution in [0.25, 0.3) is 0 Å². The molecule has 1 saturated heterocycles. The molecule has 5 nitrogen and oxygen atoms in total. The van der Waals surface area contributed by atoms with Crippen LogP contribution >= 0.6 is 24.8 Å². The van der Waals surface area contributed by atoms with Crippen LogP contribution in [0.5, 0.6) is 5.75 Å². The SMILES string of the molecule is CCN1CCN(Cc2ccc(OCc3ccccc3)c(C(=O)O)c2)CC1.Cl.Cl. The molecule has 7 heteroatoms. The van der Waals surface area contributed by atoms with Gasteiger partial charge in [-0.15, -0.1) is 24.8 Å². The lowest BCUT2D eigenvalue weighted by Gasteiger charge is -2.34. The third-order valence-electron chi connectivity index (χ3n) is 4.83. The molecule has 1 aliphatic heterocycles. The van der Waals surface area contributed by atoms with E-state index in [2.05, 4.69) is 16.7 Å². The molecule has 0 aromatic heterocycles. The fourth-order valence-corrected chi connectivity index (χ4v) is 3.23. The lowest BCUT2D eigenvalue weighted by atomic mass is 10.1. The molecule has 154 valence electrons. The molecule has 0 atom stereocenters. The summed E-state index contributed by atoms with van der Waals surface area (Å²) < 4.78 is 5.76. The third kappa shape index (κ3) is 6.67. The molecular weight excluding hydrogens is 399 g/mol. The van der Waals surface area contributed by atoms with E-state index in [9.17, 15) is 9.90 Å². The molecule has 1 fully saturated rings. The number of halogens is 2. The van der Waals surface area contributed by atoms with Crippen molar-refractivity contribution in [1.29, 1.82) is 0 Å². The molecule has 0 spiro atoms. The smallest absolute Gasteiger partial charge is 0.339 e. The summed E-state index contributed by atoms with van der Waals surface area (Å²) in [4.78, 5) is 16.5. The zero-order valence-corrected chi connectivity index (χ0v) is 17.7. The minimum absolute atomic E-state index is 0. The maximum absolute atomic E-state index is 11.7. The summed E-state index contributed by atoms with van der Waals surface area (Å²) in [5, 5.41) is 9.56. The first-order chi connectivity index (χ1) is 12.7. The summed E-state index contributed by atoms with van der Waals surface area (Å²) in [5.74, 6) is -0.536. The molecule has 2 aromatic carbocycles. The largest absolute Gasteiger partial charge is 0.488 e. The van der Waals surface area contributed by atoms with Crippen molar-refractivity contribution in [3.8, 4) is 5.75 Å². The van der Waals surface area contributed by atoms with Gasteiger partial charge in [0.15, 0.2) is 0 Å². The minimum Gasteiger partial charge on any atom is -0.488 e. The number of carboxylic acids is 1. The van der Waals surface area contributed by atoms with Crippen molar-refractivity contribution in [2.45, 2.75) is 20.1 Å². The third-order valence-corrected chi connectivity index (χ3v) is 4.83. The van der Waals surface area contributed by atoms with Gasteiger partial charge >= 0.3 is 5.97 Å². The standard InChI is InChI=1S/C21H26N2O3.2ClH/c1-2-22-10-12-23(13-11-22)15-18-8-9-20(19(14-18)21(24)25)26-16-17-6-4-3-5-7-17;;/h3-9,14H,2,10-13,15-16H2,1H3,(H,24,25);2*1H. The van der Waals surface area contributed by atoms with Crippen LogP contribution in [0.1, 0.15) is 28.4 Å². The van der Waals surface area contributed by atoms with E-state index in [1.807, 2.05) is 36.4 Å². The minimum atomic E-state index is -0.953. The lowest BCUT2D eigenvalue weighted by molar-refractivity contribution is 0.0691. The number of benzene rings is 2. The molecule has 1 heterocycles. The topological polar surface area (TPSA) is 53.0 Å². The molecule has 0 aliphatic carbocycles. The Balaban J connectivity index is 0.00000196. The predicted molar refractivity (Wildman–Crippen MR) is 116 cm³/mol. The van der Waals surface area contributed by atoms with Crippen molar-refractivity contribution in [1.82, 2.24) is 9.80 Å². The second-order valence-electron chi connectivity index (χ2n) is 6.62. The number of hydrogen-bond donors (Lipinski definition) is 1. The number of ether oxygens (including phenoxy) is 1. The fourth-order valence-electron chi connectivity index (χ4n) is 3.23. The Morgan fingerprint density at radius 2 is 1.61 bits per heavy atom. The molecule has 0 amide bonds. The van der Waals surface area contributed by atoms with Crippen molar-refractivity contribution in [3.05, 3.63) is 65.2 Å². The van der Waals surface area contributed by atoms with Gasteiger partial charge in [-0.2, -0.15) is 0 Å². The van der Waals surface area contributed by atoms with Crippen molar-refractivity contribution in [3.63, 3.8) is 0 Å². The fraction of sp³-hybridized carbons (Fsp3) is 0.381. The van der Waals surface area contributed by atoms with Crippen LogP contribution in [0.4, 0.5) is 0 Å². The Kier molecular flexibility index (Phi) is 10.3. The zero-order valence-electron chi connectivity index (χ0n) is 16.0. The molecule has 0 unspecified atom stereocenters. The maximum atomic E-state index is 11.7. The summed E-state index contributed by atoms with van der Waals surface area (Å²) >= 11 is 0. The van der Waals surface area contributed by atoms with Gasteiger partial charge in [-0.05, 0) is 29.8 Å². The van der Waals surface area contributed by atoms with Crippen LogP contribution in [0.3, 0.4) is 0 Å². The van der Waals surface area contributed by atoms with Crippen LogP contribution < -0.4 is 4.74 Å². The van der Waals surface area contributed by atoms with Gasteiger partial charge < -0.3 is 14.7 Å². The lowest BCUT2D eigenvalue weighted by Crippen LogP contribution is -2.45. The number of likely N-dealkylation sites (N-methyl/N-ethyl adjacent to an activating group) is 1. The van der Waals surface area contributed by atoms with E-state index in [1.165, 1.54) is 0 Å². The summed E-state index contributed by atoms with van der Waals surface area (Å²) in [7, 11) is 0. The second kappa shape index (κ2) is 11.9. The normalized spacial score (nSPS) is 14.6. The van der Waals surface area contributed by atoms with Gasteiger partial charge in [0, 0.05) is 32.7 Å². The van der Waals surface area contributed by atoms with E-state index >= 15 is 0 Å². The number of piperazine rings is 1. The summed E-state index contributed by atoms with van der Waals surface area (Å²) in [6, 6.07) is 15.3. The molecule has 0 radical (unpaired) electrons. The van der Waals surface area contributed by atoms with Crippen molar-refractivity contribution in [2.75, 3.05) is 32.7 Å². The summed E-state index contributed by atoms with van der Waals surface area (Å²) in [6.07, 6.45) is 0. The molecule has 28 heavy (non-hydrogen) atoms. The van der Waals surface area contributed by atoms with Gasteiger partial charge in [-0.1, -0.05) is 43.3 Å². The molecular formula is C21H28Cl2N2O3. The van der Waals surface area contributed by atoms with Gasteiger partial charge in [0.1, 0.15) is 17.9 Å². The Hall–Kier alpha value is -1.79. The maximum Gasteiger partial charge on any atom is 0.339 e. The average molecular weight is 427 g/mol. The number of aromatic carboxylic acids is 1. The van der Waals surface area contributed by atoms with E-state index in [4.69, 9.17) is 4.74 Å². The predicted octanol–water partition coefficient (Wildman–Crippen LogP) is 3.94. The molecule has 1 N–H and O–H groups in total. The van der Waals surface area contributed by atoms with Crippen molar-refractivity contribution in [2.24, 2.45) is 0 Å². The Labute approximate surface area is 179 Å². The van der Waals surface area contributed by atoms with Gasteiger partial charge in [0.25, 0.3) is 0 Å². The summed E-state index contributed by atoms with van der Waals surface area (Å²) in [5.41, 5.74) is 2.26. The van der Waals surface area contributed by atoms with Crippen LogP contribution in [0.15, 0.2) is 48.5 Å². The first-order valence-corrected chi connectivity index (χ1v) is 9.13. The van der Waals surface area contributed by atoms with Crippen LogP contribution in [0, 0.1) is 0 Å². The number of rotatable bonds is 7. The number of carbonyl (C=O) groups is 1. The second-order valence-corrected chi connectivity index (χ2v) is 6.62. The van der Waals surface area contributed by atoms with E-state index in [0.29, 0.717) is 12.4 Å². The molecule has 0 saturated carbocycles. The molecule has 0 bridgehead atoms. The van der Waals surface area contributed by atoms with Crippen molar-refractivity contribution >= 4 is 30.8 Å². The molecule has 2 aromatic rings. The Bertz CT molecular complexity index is 736. The monoisotopic (exact) mass is 426 g/mol. The zero-order chi connectivity index (χ0) is 18.4. The number of carboxylic acid groups (broad SMARTS) is 1. The number of hydrogen-bond acceptors (Lipinski definition) is 4. The van der Waals surface area contributed by atoms with E-state index in [1.54, 1.807) is 12.1 Å². The Morgan fingerprint density at radius 1 is 0.964 bits per heavy atom. The Morgan fingerprint density at radius 3 is 2.21 bits per heavy atom. The van der Waals surface area contributed by atoms with Gasteiger partial charge in [-0.3, -0.25) is 4.90 Å². The highest BCUT2D eigenvalue weighted by Crippen LogP contribution is 2.23. The van der Waals surface area contributed by atoms with Crippen LogP contribution in [-0.2, 0) is 13.2 Å². The highest BCUT2D eigenvalue weighted by atomic mass is 35.5. The molecule has 3 rings (SSSR count). The van der Waals surface area contributed by atoms with Gasteiger partial charge in [0.05, 0.1) is 0 Å². The van der Waals surface area contributed by atoms with Crippen molar-refractivity contribution < 1.29 is 14.6 Å². The first-order valence-electron chi connectivity index (χ1n) is 9.13. The van der Waals surface area contributed by atoms with Gasteiger partial charge in [0.2, 0.25) is 0 Å². The highest BCUT2D eigenvalue weighted by molar-refractivity contribution is 5.91. The van der Waals surface area contributed by atoms with Crippen LogP contribution in [-0.4, -0.2) is 53.6 Å². The van der Waals surface area contributed by atoms with Crippen LogP contribution in [0.2, 0.25) is 0 Å². The van der Waals surface area contributed by atoms with E-state index in [-0.39, 0.29) is 30.4 Å². The number of nitrogens with zero attached hydrogens (tertiary/aromatic N) is 2. The molecule has 1 aliphatic rings. The summed E-state index contributed by atoms with van der Waals surface area (Å²) in [6.45, 7) is 8.58. The highest BCUT2D eigenvalue weighted by Gasteiger charge is 2.17. The van der Waals surface area contributed by atoms with Gasteiger partial charge in [-0.25, -0.2) is 4.79 Å².